The number of benzene rings is 1. The topological polar surface area (TPSA) is 84.5 Å². The van der Waals surface area contributed by atoms with Gasteiger partial charge in [-0.15, -0.1) is 11.6 Å². The van der Waals surface area contributed by atoms with Crippen molar-refractivity contribution in [1.29, 1.82) is 0 Å². The largest absolute Gasteiger partial charge is 0.427 e. The van der Waals surface area contributed by atoms with Crippen LogP contribution < -0.4 is 15.4 Å². The molecule has 1 aromatic carbocycles. The van der Waals surface area contributed by atoms with E-state index in [1.807, 2.05) is 0 Å². The number of ether oxygens (including phenoxy) is 1. The highest BCUT2D eigenvalue weighted by atomic mass is 35.5. The number of rotatable bonds is 6. The van der Waals surface area contributed by atoms with Crippen molar-refractivity contribution in [1.82, 2.24) is 10.6 Å². The predicted molar refractivity (Wildman–Crippen MR) is 78.4 cm³/mol. The van der Waals surface area contributed by atoms with E-state index in [9.17, 15) is 14.4 Å². The highest BCUT2D eigenvalue weighted by Crippen LogP contribution is 2.13. The maximum atomic E-state index is 11.9. The molecule has 0 spiro atoms. The highest BCUT2D eigenvalue weighted by molar-refractivity contribution is 6.30. The lowest BCUT2D eigenvalue weighted by Gasteiger charge is -2.08. The second kappa shape index (κ2) is 8.26. The molecular weight excluding hydrogens is 296 g/mol. The molecule has 0 aliphatic heterocycles. The Hall–Kier alpha value is -2.08. The normalized spacial score (nSPS) is 11.4. The third-order valence-corrected chi connectivity index (χ3v) is 2.63. The smallest absolute Gasteiger partial charge is 0.308 e. The first-order chi connectivity index (χ1) is 9.90. The molecule has 0 heterocycles. The Labute approximate surface area is 127 Å². The van der Waals surface area contributed by atoms with Gasteiger partial charge in [-0.25, -0.2) is 0 Å². The van der Waals surface area contributed by atoms with E-state index >= 15 is 0 Å². The van der Waals surface area contributed by atoms with Gasteiger partial charge in [0.15, 0.2) is 0 Å². The zero-order valence-electron chi connectivity index (χ0n) is 11.8. The molecule has 2 N–H and O–H groups in total. The number of hydrogen-bond acceptors (Lipinski definition) is 4. The van der Waals surface area contributed by atoms with Gasteiger partial charge in [0.2, 0.25) is 5.91 Å². The maximum absolute atomic E-state index is 11.9. The van der Waals surface area contributed by atoms with Gasteiger partial charge in [-0.3, -0.25) is 14.4 Å². The predicted octanol–water partition coefficient (Wildman–Crippen LogP) is 1.09. The van der Waals surface area contributed by atoms with Gasteiger partial charge in [-0.05, 0) is 25.1 Å². The van der Waals surface area contributed by atoms with Gasteiger partial charge in [0.1, 0.15) is 11.1 Å². The number of carbonyl (C=O) groups excluding carboxylic acids is 3. The van der Waals surface area contributed by atoms with Gasteiger partial charge in [0.25, 0.3) is 5.91 Å². The second-order valence-electron chi connectivity index (χ2n) is 4.28. The van der Waals surface area contributed by atoms with Crippen LogP contribution in [0.2, 0.25) is 0 Å². The fourth-order valence-corrected chi connectivity index (χ4v) is 1.55. The van der Waals surface area contributed by atoms with Crippen LogP contribution in [0.15, 0.2) is 24.3 Å². The molecule has 0 aliphatic rings. The SMILES string of the molecule is CC(=O)Oc1cccc(C(=O)NCCNC(=O)C(C)Cl)c1. The first kappa shape index (κ1) is 17.0. The van der Waals surface area contributed by atoms with Crippen molar-refractivity contribution >= 4 is 29.4 Å². The summed E-state index contributed by atoms with van der Waals surface area (Å²) in [4.78, 5) is 33.9. The van der Waals surface area contributed by atoms with E-state index in [0.29, 0.717) is 11.3 Å². The fraction of sp³-hybridized carbons (Fsp3) is 0.357. The molecule has 21 heavy (non-hydrogen) atoms. The molecular formula is C14H17ClN2O4. The Morgan fingerprint density at radius 2 is 1.90 bits per heavy atom. The zero-order chi connectivity index (χ0) is 15.8. The quantitative estimate of drug-likeness (QED) is 0.356. The molecule has 0 fully saturated rings. The van der Waals surface area contributed by atoms with Crippen LogP contribution in [-0.2, 0) is 9.59 Å². The number of hydrogen-bond donors (Lipinski definition) is 2. The van der Waals surface area contributed by atoms with Crippen molar-refractivity contribution < 1.29 is 19.1 Å². The van der Waals surface area contributed by atoms with Crippen LogP contribution in [0.3, 0.4) is 0 Å². The van der Waals surface area contributed by atoms with Crippen LogP contribution in [-0.4, -0.2) is 36.3 Å². The molecule has 1 rings (SSSR count). The molecule has 114 valence electrons. The van der Waals surface area contributed by atoms with Crippen molar-refractivity contribution in [3.63, 3.8) is 0 Å². The lowest BCUT2D eigenvalue weighted by atomic mass is 10.2. The standard InChI is InChI=1S/C14H17ClN2O4/c1-9(15)13(19)16-6-7-17-14(20)11-4-3-5-12(8-11)21-10(2)18/h3-5,8-9H,6-7H2,1-2H3,(H,16,19)(H,17,20). The molecule has 1 aromatic rings. The summed E-state index contributed by atoms with van der Waals surface area (Å²) in [5, 5.41) is 4.60. The summed E-state index contributed by atoms with van der Waals surface area (Å²) in [5.41, 5.74) is 0.366. The first-order valence-corrected chi connectivity index (χ1v) is 6.82. The van der Waals surface area contributed by atoms with Gasteiger partial charge in [0.05, 0.1) is 0 Å². The average molecular weight is 313 g/mol. The summed E-state index contributed by atoms with van der Waals surface area (Å²) < 4.78 is 4.90. The van der Waals surface area contributed by atoms with Crippen molar-refractivity contribution in [2.24, 2.45) is 0 Å². The first-order valence-electron chi connectivity index (χ1n) is 6.38. The Balaban J connectivity index is 2.45. The van der Waals surface area contributed by atoms with E-state index in [1.165, 1.54) is 13.0 Å². The summed E-state index contributed by atoms with van der Waals surface area (Å²) in [6, 6.07) is 6.27. The summed E-state index contributed by atoms with van der Waals surface area (Å²) in [6.07, 6.45) is 0. The van der Waals surface area contributed by atoms with Gasteiger partial charge >= 0.3 is 5.97 Å². The zero-order valence-corrected chi connectivity index (χ0v) is 12.6. The third-order valence-electron chi connectivity index (χ3n) is 2.43. The molecule has 1 unspecified atom stereocenters. The monoisotopic (exact) mass is 312 g/mol. The Kier molecular flexibility index (Phi) is 6.68. The van der Waals surface area contributed by atoms with Crippen LogP contribution in [0.4, 0.5) is 0 Å². The number of esters is 1. The van der Waals surface area contributed by atoms with Crippen LogP contribution in [0.5, 0.6) is 5.75 Å². The van der Waals surface area contributed by atoms with E-state index in [2.05, 4.69) is 10.6 Å². The molecule has 0 bridgehead atoms. The summed E-state index contributed by atoms with van der Waals surface area (Å²) >= 11 is 5.58. The van der Waals surface area contributed by atoms with E-state index < -0.39 is 11.3 Å². The van der Waals surface area contributed by atoms with Crippen molar-refractivity contribution in [2.75, 3.05) is 13.1 Å². The Bertz CT molecular complexity index is 531. The van der Waals surface area contributed by atoms with Crippen molar-refractivity contribution in [2.45, 2.75) is 19.2 Å². The molecule has 2 amide bonds. The Morgan fingerprint density at radius 3 is 2.52 bits per heavy atom. The van der Waals surface area contributed by atoms with Crippen LogP contribution in [0.25, 0.3) is 0 Å². The molecule has 0 radical (unpaired) electrons. The van der Waals surface area contributed by atoms with E-state index in [0.717, 1.165) is 0 Å². The van der Waals surface area contributed by atoms with Gasteiger partial charge in [0, 0.05) is 25.6 Å². The Morgan fingerprint density at radius 1 is 1.24 bits per heavy atom. The van der Waals surface area contributed by atoms with E-state index in [4.69, 9.17) is 16.3 Å². The molecule has 7 heteroatoms. The number of nitrogens with one attached hydrogen (secondary N) is 2. The number of amides is 2. The van der Waals surface area contributed by atoms with Gasteiger partial charge < -0.3 is 15.4 Å². The number of carbonyl (C=O) groups is 3. The molecule has 0 saturated carbocycles. The minimum Gasteiger partial charge on any atom is -0.427 e. The lowest BCUT2D eigenvalue weighted by Crippen LogP contribution is -2.37. The number of alkyl halides is 1. The van der Waals surface area contributed by atoms with Gasteiger partial charge in [-0.1, -0.05) is 6.07 Å². The van der Waals surface area contributed by atoms with Crippen LogP contribution in [0.1, 0.15) is 24.2 Å². The van der Waals surface area contributed by atoms with E-state index in [1.54, 1.807) is 25.1 Å². The van der Waals surface area contributed by atoms with Crippen molar-refractivity contribution in [3.8, 4) is 5.75 Å². The molecule has 6 nitrogen and oxygen atoms in total. The van der Waals surface area contributed by atoms with Gasteiger partial charge in [-0.2, -0.15) is 0 Å². The lowest BCUT2D eigenvalue weighted by molar-refractivity contribution is -0.131. The minimum absolute atomic E-state index is 0.270. The maximum Gasteiger partial charge on any atom is 0.308 e. The van der Waals surface area contributed by atoms with Crippen molar-refractivity contribution in [3.05, 3.63) is 29.8 Å². The minimum atomic E-state index is -0.610. The van der Waals surface area contributed by atoms with E-state index in [-0.39, 0.29) is 24.9 Å². The fourth-order valence-electron chi connectivity index (χ4n) is 1.47. The molecule has 0 saturated heterocycles. The summed E-state index contributed by atoms with van der Waals surface area (Å²) in [7, 11) is 0. The highest BCUT2D eigenvalue weighted by Gasteiger charge is 2.09. The average Bonchev–Trinajstić information content (AvgIpc) is 2.42. The molecule has 1 atom stereocenters. The summed E-state index contributed by atoms with van der Waals surface area (Å²) in [6.45, 7) is 3.40. The van der Waals surface area contributed by atoms with Crippen LogP contribution >= 0.6 is 11.6 Å². The summed E-state index contributed by atoms with van der Waals surface area (Å²) in [5.74, 6) is -0.759. The van der Waals surface area contributed by atoms with Crippen LogP contribution in [0, 0.1) is 0 Å². The molecule has 0 aromatic heterocycles. The number of halogens is 1. The second-order valence-corrected chi connectivity index (χ2v) is 4.94. The molecule has 0 aliphatic carbocycles. The third kappa shape index (κ3) is 6.27.